The van der Waals surface area contributed by atoms with Gasteiger partial charge in [0, 0.05) is 22.3 Å². The fourth-order valence-electron chi connectivity index (χ4n) is 1.82. The van der Waals surface area contributed by atoms with Crippen LogP contribution in [-0.2, 0) is 0 Å². The normalized spacial score (nSPS) is 10.2. The monoisotopic (exact) mass is 289 g/mol. The molecule has 0 fully saturated rings. The van der Waals surface area contributed by atoms with Crippen LogP contribution in [0.3, 0.4) is 0 Å². The minimum Gasteiger partial charge on any atom is -0.389 e. The highest BCUT2D eigenvalue weighted by Crippen LogP contribution is 2.29. The lowest BCUT2D eigenvalue weighted by atomic mass is 10.1. The number of aryl methyl sites for hydroxylation is 1. The third-order valence-corrected chi connectivity index (χ3v) is 3.75. The number of nitrogens with zero attached hydrogens (tertiary/aromatic N) is 1. The van der Waals surface area contributed by atoms with E-state index >= 15 is 0 Å². The molecule has 0 spiro atoms. The summed E-state index contributed by atoms with van der Waals surface area (Å²) in [7, 11) is 0. The molecule has 3 N–H and O–H groups in total. The molecule has 2 rings (SSSR count). The van der Waals surface area contributed by atoms with Crippen LogP contribution in [-0.4, -0.2) is 16.2 Å². The van der Waals surface area contributed by atoms with Crippen LogP contribution in [0.25, 0.3) is 0 Å². The maximum Gasteiger partial charge on any atom is 0.107 e. The smallest absolute Gasteiger partial charge is 0.107 e. The molecule has 0 radical (unpaired) electrons. The minimum atomic E-state index is 0.397. The molecule has 0 aliphatic carbocycles. The quantitative estimate of drug-likeness (QED) is 0.666. The fourth-order valence-corrected chi connectivity index (χ4v) is 2.74. The fraction of sp³-hybridized carbons (Fsp3) is 0.143. The van der Waals surface area contributed by atoms with Gasteiger partial charge in [0.2, 0.25) is 0 Å². The van der Waals surface area contributed by atoms with Gasteiger partial charge < -0.3 is 11.1 Å². The molecule has 1 heterocycles. The maximum atomic E-state index is 5.85. The number of aromatic nitrogens is 1. The number of thioether (sulfide) groups is 1. The predicted octanol–water partition coefficient (Wildman–Crippen LogP) is 3.49. The maximum absolute atomic E-state index is 5.85. The highest BCUT2D eigenvalue weighted by Gasteiger charge is 2.11. The van der Waals surface area contributed by atoms with Crippen molar-refractivity contribution in [3.8, 4) is 0 Å². The van der Waals surface area contributed by atoms with Gasteiger partial charge in [-0.15, -0.1) is 11.8 Å². The Hall–Kier alpha value is -1.59. The summed E-state index contributed by atoms with van der Waals surface area (Å²) >= 11 is 6.79. The molecule has 19 heavy (non-hydrogen) atoms. The van der Waals surface area contributed by atoms with E-state index in [2.05, 4.69) is 10.3 Å². The van der Waals surface area contributed by atoms with Crippen molar-refractivity contribution < 1.29 is 0 Å². The average molecular weight is 289 g/mol. The standard InChI is InChI=1S/C14H15N3S2/c1-9-10(6-4-8-16-9)17-11-5-3-7-12(19-2)13(11)14(15)18/h3-8,17H,1-2H3,(H2,15,18). The lowest BCUT2D eigenvalue weighted by Crippen LogP contribution is -2.13. The Bertz CT molecular complexity index is 611. The molecule has 0 saturated heterocycles. The van der Waals surface area contributed by atoms with Gasteiger partial charge in [0.25, 0.3) is 0 Å². The molecular formula is C14H15N3S2. The van der Waals surface area contributed by atoms with E-state index in [9.17, 15) is 0 Å². The zero-order chi connectivity index (χ0) is 13.8. The summed E-state index contributed by atoms with van der Waals surface area (Å²) < 4.78 is 0. The van der Waals surface area contributed by atoms with Crippen molar-refractivity contribution in [2.24, 2.45) is 5.73 Å². The number of pyridine rings is 1. The van der Waals surface area contributed by atoms with Crippen molar-refractivity contribution in [3.05, 3.63) is 47.8 Å². The van der Waals surface area contributed by atoms with Crippen LogP contribution in [0.5, 0.6) is 0 Å². The molecule has 0 aliphatic rings. The second kappa shape index (κ2) is 6.04. The summed E-state index contributed by atoms with van der Waals surface area (Å²) in [5.74, 6) is 0. The number of thiocarbonyl (C=S) groups is 1. The van der Waals surface area contributed by atoms with E-state index in [1.807, 2.05) is 43.5 Å². The lowest BCUT2D eigenvalue weighted by molar-refractivity contribution is 1.20. The Morgan fingerprint density at radius 1 is 1.26 bits per heavy atom. The summed E-state index contributed by atoms with van der Waals surface area (Å²) in [5, 5.41) is 3.35. The first kappa shape index (κ1) is 13.8. The molecule has 0 atom stereocenters. The largest absolute Gasteiger partial charge is 0.389 e. The molecule has 98 valence electrons. The Morgan fingerprint density at radius 3 is 2.63 bits per heavy atom. The SMILES string of the molecule is CSc1cccc(Nc2cccnc2C)c1C(N)=S. The summed E-state index contributed by atoms with van der Waals surface area (Å²) in [4.78, 5) is 5.73. The van der Waals surface area contributed by atoms with Crippen molar-refractivity contribution in [1.82, 2.24) is 4.98 Å². The predicted molar refractivity (Wildman–Crippen MR) is 86.4 cm³/mol. The number of benzene rings is 1. The first-order valence-corrected chi connectivity index (χ1v) is 7.42. The third kappa shape index (κ3) is 3.05. The van der Waals surface area contributed by atoms with Gasteiger partial charge in [-0.2, -0.15) is 0 Å². The number of hydrogen-bond donors (Lipinski definition) is 2. The van der Waals surface area contributed by atoms with E-state index in [1.165, 1.54) is 0 Å². The second-order valence-electron chi connectivity index (χ2n) is 4.01. The van der Waals surface area contributed by atoms with E-state index in [0.717, 1.165) is 27.5 Å². The van der Waals surface area contributed by atoms with Gasteiger partial charge in [0.1, 0.15) is 4.99 Å². The van der Waals surface area contributed by atoms with Crippen LogP contribution in [0.15, 0.2) is 41.4 Å². The highest BCUT2D eigenvalue weighted by atomic mass is 32.2. The molecule has 0 aliphatic heterocycles. The Morgan fingerprint density at radius 2 is 2.00 bits per heavy atom. The van der Waals surface area contributed by atoms with Gasteiger partial charge in [-0.1, -0.05) is 18.3 Å². The van der Waals surface area contributed by atoms with E-state index in [-0.39, 0.29) is 0 Å². The number of rotatable bonds is 4. The number of hydrogen-bond acceptors (Lipinski definition) is 4. The molecule has 1 aromatic heterocycles. The van der Waals surface area contributed by atoms with E-state index in [0.29, 0.717) is 4.99 Å². The Kier molecular flexibility index (Phi) is 4.39. The summed E-state index contributed by atoms with van der Waals surface area (Å²) in [5.41, 5.74) is 9.53. The third-order valence-electron chi connectivity index (χ3n) is 2.77. The first-order valence-electron chi connectivity index (χ1n) is 5.79. The molecule has 5 heteroatoms. The zero-order valence-corrected chi connectivity index (χ0v) is 12.4. The van der Waals surface area contributed by atoms with Crippen molar-refractivity contribution in [2.75, 3.05) is 11.6 Å². The number of nitrogens with one attached hydrogen (secondary N) is 1. The van der Waals surface area contributed by atoms with E-state index < -0.39 is 0 Å². The van der Waals surface area contributed by atoms with Crippen LogP contribution >= 0.6 is 24.0 Å². The number of nitrogens with two attached hydrogens (primary N) is 1. The molecule has 2 aromatic rings. The van der Waals surface area contributed by atoms with Crippen LogP contribution in [0, 0.1) is 6.92 Å². The Balaban J connectivity index is 2.46. The van der Waals surface area contributed by atoms with Crippen molar-refractivity contribution in [1.29, 1.82) is 0 Å². The Labute approximate surface area is 122 Å². The molecule has 0 amide bonds. The van der Waals surface area contributed by atoms with Gasteiger partial charge in [0.05, 0.1) is 11.4 Å². The van der Waals surface area contributed by atoms with Gasteiger partial charge in [-0.25, -0.2) is 0 Å². The molecule has 0 saturated carbocycles. The van der Waals surface area contributed by atoms with Gasteiger partial charge in [-0.05, 0) is 37.4 Å². The highest BCUT2D eigenvalue weighted by molar-refractivity contribution is 7.98. The van der Waals surface area contributed by atoms with Gasteiger partial charge >= 0.3 is 0 Å². The minimum absolute atomic E-state index is 0.397. The van der Waals surface area contributed by atoms with E-state index in [1.54, 1.807) is 18.0 Å². The van der Waals surface area contributed by atoms with Crippen LogP contribution in [0.2, 0.25) is 0 Å². The van der Waals surface area contributed by atoms with Crippen LogP contribution in [0.4, 0.5) is 11.4 Å². The van der Waals surface area contributed by atoms with Crippen molar-refractivity contribution >= 4 is 40.3 Å². The zero-order valence-electron chi connectivity index (χ0n) is 10.8. The summed E-state index contributed by atoms with van der Waals surface area (Å²) in [6.45, 7) is 1.96. The van der Waals surface area contributed by atoms with Crippen molar-refractivity contribution in [3.63, 3.8) is 0 Å². The molecule has 3 nitrogen and oxygen atoms in total. The summed E-state index contributed by atoms with van der Waals surface area (Å²) in [6, 6.07) is 9.86. The van der Waals surface area contributed by atoms with Crippen molar-refractivity contribution in [2.45, 2.75) is 11.8 Å². The van der Waals surface area contributed by atoms with E-state index in [4.69, 9.17) is 18.0 Å². The molecular weight excluding hydrogens is 274 g/mol. The summed E-state index contributed by atoms with van der Waals surface area (Å²) in [6.07, 6.45) is 3.78. The molecule has 1 aromatic carbocycles. The van der Waals surface area contributed by atoms with Crippen LogP contribution in [0.1, 0.15) is 11.3 Å². The number of anilines is 2. The average Bonchev–Trinajstić information content (AvgIpc) is 2.40. The lowest BCUT2D eigenvalue weighted by Gasteiger charge is -2.15. The first-order chi connectivity index (χ1) is 9.13. The molecule has 0 bridgehead atoms. The molecule has 0 unspecified atom stereocenters. The topological polar surface area (TPSA) is 50.9 Å². The van der Waals surface area contributed by atoms with Gasteiger partial charge in [-0.3, -0.25) is 4.98 Å². The van der Waals surface area contributed by atoms with Crippen LogP contribution < -0.4 is 11.1 Å². The van der Waals surface area contributed by atoms with Gasteiger partial charge in [0.15, 0.2) is 0 Å². The second-order valence-corrected chi connectivity index (χ2v) is 5.30.